The fourth-order valence-corrected chi connectivity index (χ4v) is 1.31. The summed E-state index contributed by atoms with van der Waals surface area (Å²) in [5, 5.41) is 0. The van der Waals surface area contributed by atoms with Gasteiger partial charge in [0.2, 0.25) is 0 Å². The Bertz CT molecular complexity index is 407. The minimum atomic E-state index is -0.215. The third kappa shape index (κ3) is 1.45. The Morgan fingerprint density at radius 2 is 2.23 bits per heavy atom. The molecule has 0 unspecified atom stereocenters. The van der Waals surface area contributed by atoms with Gasteiger partial charge >= 0.3 is 0 Å². The van der Waals surface area contributed by atoms with Crippen LogP contribution in [0, 0.1) is 12.7 Å². The number of hydrogen-bond acceptors (Lipinski definition) is 1. The molecule has 0 atom stereocenters. The Kier molecular flexibility index (Phi) is 1.85. The number of halogens is 1. The Morgan fingerprint density at radius 1 is 1.38 bits per heavy atom. The molecule has 0 saturated heterocycles. The fourth-order valence-electron chi connectivity index (χ4n) is 1.31. The minimum Gasteiger partial charge on any atom is -0.345 e. The second kappa shape index (κ2) is 3.01. The molecule has 2 nitrogen and oxygen atoms in total. The average molecular weight is 176 g/mol. The molecule has 2 rings (SSSR count). The van der Waals surface area contributed by atoms with Crippen molar-refractivity contribution in [3.05, 3.63) is 42.0 Å². The van der Waals surface area contributed by atoms with Crippen LogP contribution in [-0.2, 0) is 0 Å². The zero-order valence-corrected chi connectivity index (χ0v) is 7.21. The van der Waals surface area contributed by atoms with E-state index in [1.54, 1.807) is 18.5 Å². The highest BCUT2D eigenvalue weighted by Gasteiger charge is 2.03. The maximum absolute atomic E-state index is 12.8. The summed E-state index contributed by atoms with van der Waals surface area (Å²) in [6.07, 6.45) is 3.43. The maximum Gasteiger partial charge on any atom is 0.137 e. The summed E-state index contributed by atoms with van der Waals surface area (Å²) in [6.45, 7) is 1.86. The van der Waals surface area contributed by atoms with Gasteiger partial charge in [0.15, 0.2) is 0 Å². The number of aryl methyl sites for hydroxylation is 1. The smallest absolute Gasteiger partial charge is 0.137 e. The zero-order chi connectivity index (χ0) is 9.26. The van der Waals surface area contributed by atoms with Crippen LogP contribution in [0.1, 0.15) is 5.56 Å². The molecule has 1 aromatic heterocycles. The van der Waals surface area contributed by atoms with Gasteiger partial charge in [0.25, 0.3) is 0 Å². The van der Waals surface area contributed by atoms with Gasteiger partial charge < -0.3 is 4.98 Å². The fraction of sp³-hybridized carbons (Fsp3) is 0.100. The van der Waals surface area contributed by atoms with E-state index >= 15 is 0 Å². The molecule has 1 aromatic carbocycles. The van der Waals surface area contributed by atoms with E-state index in [4.69, 9.17) is 0 Å². The van der Waals surface area contributed by atoms with Crippen molar-refractivity contribution in [2.75, 3.05) is 0 Å². The lowest BCUT2D eigenvalue weighted by Gasteiger charge is -2.01. The summed E-state index contributed by atoms with van der Waals surface area (Å²) < 4.78 is 12.8. The number of aromatic nitrogens is 2. The molecule has 0 radical (unpaired) electrons. The van der Waals surface area contributed by atoms with Crippen molar-refractivity contribution in [1.29, 1.82) is 0 Å². The van der Waals surface area contributed by atoms with Gasteiger partial charge in [-0.05, 0) is 30.7 Å². The maximum atomic E-state index is 12.8. The third-order valence-electron chi connectivity index (χ3n) is 1.94. The quantitative estimate of drug-likeness (QED) is 0.710. The molecule has 0 bridgehead atoms. The highest BCUT2D eigenvalue weighted by molar-refractivity contribution is 5.59. The van der Waals surface area contributed by atoms with Gasteiger partial charge in [-0.25, -0.2) is 9.37 Å². The van der Waals surface area contributed by atoms with E-state index in [0.717, 1.165) is 17.0 Å². The van der Waals surface area contributed by atoms with Crippen molar-refractivity contribution in [3.8, 4) is 11.4 Å². The Hall–Kier alpha value is -1.64. The van der Waals surface area contributed by atoms with Gasteiger partial charge in [-0.3, -0.25) is 0 Å². The summed E-state index contributed by atoms with van der Waals surface area (Å²) >= 11 is 0. The normalized spacial score (nSPS) is 10.3. The van der Waals surface area contributed by atoms with Gasteiger partial charge in [-0.15, -0.1) is 0 Å². The Balaban J connectivity index is 2.53. The van der Waals surface area contributed by atoms with E-state index in [9.17, 15) is 4.39 Å². The van der Waals surface area contributed by atoms with Crippen LogP contribution in [0.2, 0.25) is 0 Å². The molecular formula is C10H9FN2. The molecule has 0 aliphatic rings. The molecule has 1 N–H and O–H groups in total. The van der Waals surface area contributed by atoms with E-state index in [-0.39, 0.29) is 5.82 Å². The first-order valence-electron chi connectivity index (χ1n) is 4.03. The predicted molar refractivity (Wildman–Crippen MR) is 48.7 cm³/mol. The second-order valence-corrected chi connectivity index (χ2v) is 2.90. The van der Waals surface area contributed by atoms with Crippen molar-refractivity contribution < 1.29 is 4.39 Å². The van der Waals surface area contributed by atoms with E-state index in [2.05, 4.69) is 9.97 Å². The van der Waals surface area contributed by atoms with Gasteiger partial charge in [0.1, 0.15) is 11.6 Å². The summed E-state index contributed by atoms with van der Waals surface area (Å²) in [5.74, 6) is 0.560. The minimum absolute atomic E-state index is 0.215. The van der Waals surface area contributed by atoms with Crippen LogP contribution in [-0.4, -0.2) is 9.97 Å². The van der Waals surface area contributed by atoms with Gasteiger partial charge in [0.05, 0.1) is 0 Å². The summed E-state index contributed by atoms with van der Waals surface area (Å²) in [7, 11) is 0. The Morgan fingerprint density at radius 3 is 2.85 bits per heavy atom. The van der Waals surface area contributed by atoms with Crippen molar-refractivity contribution in [2.24, 2.45) is 0 Å². The highest BCUT2D eigenvalue weighted by Crippen LogP contribution is 2.19. The predicted octanol–water partition coefficient (Wildman–Crippen LogP) is 2.52. The lowest BCUT2D eigenvalue weighted by Crippen LogP contribution is -1.86. The largest absolute Gasteiger partial charge is 0.345 e. The third-order valence-corrected chi connectivity index (χ3v) is 1.94. The van der Waals surface area contributed by atoms with Crippen molar-refractivity contribution in [2.45, 2.75) is 6.92 Å². The zero-order valence-electron chi connectivity index (χ0n) is 7.21. The number of H-pyrrole nitrogens is 1. The van der Waals surface area contributed by atoms with Crippen molar-refractivity contribution in [3.63, 3.8) is 0 Å². The number of aromatic amines is 1. The molecule has 0 saturated carbocycles. The van der Waals surface area contributed by atoms with Crippen LogP contribution in [0.15, 0.2) is 30.6 Å². The highest BCUT2D eigenvalue weighted by atomic mass is 19.1. The molecule has 0 spiro atoms. The molecule has 3 heteroatoms. The molecule has 0 aliphatic heterocycles. The number of imidazole rings is 1. The van der Waals surface area contributed by atoms with E-state index in [1.807, 2.05) is 6.92 Å². The number of nitrogens with zero attached hydrogens (tertiary/aromatic N) is 1. The standard InChI is InChI=1S/C10H9FN2/c1-7-6-8(11)2-3-9(7)10-12-4-5-13-10/h2-6H,1H3,(H,12,13). The van der Waals surface area contributed by atoms with E-state index in [1.165, 1.54) is 12.1 Å². The van der Waals surface area contributed by atoms with Gasteiger partial charge in [-0.1, -0.05) is 0 Å². The van der Waals surface area contributed by atoms with Crippen LogP contribution < -0.4 is 0 Å². The van der Waals surface area contributed by atoms with Crippen LogP contribution in [0.3, 0.4) is 0 Å². The van der Waals surface area contributed by atoms with Crippen LogP contribution >= 0.6 is 0 Å². The van der Waals surface area contributed by atoms with E-state index in [0.29, 0.717) is 0 Å². The average Bonchev–Trinajstić information content (AvgIpc) is 2.56. The van der Waals surface area contributed by atoms with Crippen LogP contribution in [0.4, 0.5) is 4.39 Å². The lowest BCUT2D eigenvalue weighted by atomic mass is 10.1. The van der Waals surface area contributed by atoms with E-state index < -0.39 is 0 Å². The number of hydrogen-bond donors (Lipinski definition) is 1. The van der Waals surface area contributed by atoms with Crippen molar-refractivity contribution >= 4 is 0 Å². The Labute approximate surface area is 75.4 Å². The molecular weight excluding hydrogens is 167 g/mol. The molecule has 13 heavy (non-hydrogen) atoms. The topological polar surface area (TPSA) is 28.7 Å². The first-order valence-corrected chi connectivity index (χ1v) is 4.03. The van der Waals surface area contributed by atoms with Gasteiger partial charge in [-0.2, -0.15) is 0 Å². The molecule has 0 fully saturated rings. The molecule has 0 aliphatic carbocycles. The number of nitrogens with one attached hydrogen (secondary N) is 1. The summed E-state index contributed by atoms with van der Waals surface area (Å²) in [6, 6.07) is 4.66. The first-order chi connectivity index (χ1) is 6.27. The first kappa shape index (κ1) is 7.98. The van der Waals surface area contributed by atoms with Crippen LogP contribution in [0.25, 0.3) is 11.4 Å². The monoisotopic (exact) mass is 176 g/mol. The number of benzene rings is 1. The van der Waals surface area contributed by atoms with Crippen molar-refractivity contribution in [1.82, 2.24) is 9.97 Å². The molecule has 1 heterocycles. The summed E-state index contributed by atoms with van der Waals surface area (Å²) in [4.78, 5) is 7.08. The summed E-state index contributed by atoms with van der Waals surface area (Å²) in [5.41, 5.74) is 1.82. The lowest BCUT2D eigenvalue weighted by molar-refractivity contribution is 0.627. The molecule has 66 valence electrons. The second-order valence-electron chi connectivity index (χ2n) is 2.90. The molecule has 2 aromatic rings. The molecule has 0 amide bonds. The SMILES string of the molecule is Cc1cc(F)ccc1-c1ncc[nH]1. The van der Waals surface area contributed by atoms with Gasteiger partial charge in [0, 0.05) is 18.0 Å². The van der Waals surface area contributed by atoms with Crippen LogP contribution in [0.5, 0.6) is 0 Å². The number of rotatable bonds is 1.